The van der Waals surface area contributed by atoms with Gasteiger partial charge in [-0.3, -0.25) is 0 Å². The second kappa shape index (κ2) is 4.06. The minimum absolute atomic E-state index is 0.281. The van der Waals surface area contributed by atoms with Crippen molar-refractivity contribution < 1.29 is 14.6 Å². The van der Waals surface area contributed by atoms with E-state index in [1.54, 1.807) is 0 Å². The first-order valence-electron chi connectivity index (χ1n) is 5.11. The zero-order chi connectivity index (χ0) is 10.8. The maximum atomic E-state index is 13.5. The average molecular weight is 211 g/mol. The second-order valence-electron chi connectivity index (χ2n) is 3.90. The molecule has 0 spiro atoms. The number of aromatic hydroxyl groups is 2. The highest BCUT2D eigenvalue weighted by molar-refractivity contribution is 5.42. The Kier molecular flexibility index (Phi) is 2.77. The van der Waals surface area contributed by atoms with Gasteiger partial charge in [-0.05, 0) is 37.4 Å². The third-order valence-corrected chi connectivity index (χ3v) is 2.80. The van der Waals surface area contributed by atoms with E-state index >= 15 is 0 Å². The number of hydrogen-bond acceptors (Lipinski definition) is 3. The number of rotatable bonds is 2. The normalized spacial score (nSPS) is 20.7. The van der Waals surface area contributed by atoms with Crippen LogP contribution in [0.1, 0.15) is 18.4 Å². The summed E-state index contributed by atoms with van der Waals surface area (Å²) in [4.78, 5) is 0. The third kappa shape index (κ3) is 2.04. The standard InChI is InChI=1S/C11H14FNO2/c12-10-7(3-4-9(14)11(10)15)6-8-2-1-5-13-8/h3-4,8,13-15H,1-2,5-6H2. The van der Waals surface area contributed by atoms with Crippen molar-refractivity contribution in [2.24, 2.45) is 0 Å². The van der Waals surface area contributed by atoms with Gasteiger partial charge in [0.1, 0.15) is 0 Å². The van der Waals surface area contributed by atoms with Crippen molar-refractivity contribution in [1.82, 2.24) is 5.32 Å². The number of phenols is 2. The van der Waals surface area contributed by atoms with Crippen molar-refractivity contribution in [3.63, 3.8) is 0 Å². The van der Waals surface area contributed by atoms with E-state index in [0.717, 1.165) is 19.4 Å². The van der Waals surface area contributed by atoms with Crippen molar-refractivity contribution in [1.29, 1.82) is 0 Å². The highest BCUT2D eigenvalue weighted by atomic mass is 19.1. The number of phenolic OH excluding ortho intramolecular Hbond substituents is 2. The Morgan fingerprint density at radius 3 is 2.87 bits per heavy atom. The largest absolute Gasteiger partial charge is 0.504 e. The van der Waals surface area contributed by atoms with Gasteiger partial charge in [-0.15, -0.1) is 0 Å². The fourth-order valence-electron chi connectivity index (χ4n) is 1.95. The summed E-state index contributed by atoms with van der Waals surface area (Å²) >= 11 is 0. The van der Waals surface area contributed by atoms with Gasteiger partial charge in [0.05, 0.1) is 0 Å². The Labute approximate surface area is 87.6 Å². The van der Waals surface area contributed by atoms with E-state index in [0.29, 0.717) is 12.0 Å². The summed E-state index contributed by atoms with van der Waals surface area (Å²) in [6, 6.07) is 3.12. The fourth-order valence-corrected chi connectivity index (χ4v) is 1.95. The Hall–Kier alpha value is -1.29. The van der Waals surface area contributed by atoms with Gasteiger partial charge in [0.15, 0.2) is 17.3 Å². The second-order valence-corrected chi connectivity index (χ2v) is 3.90. The van der Waals surface area contributed by atoms with Crippen LogP contribution in [0.15, 0.2) is 12.1 Å². The van der Waals surface area contributed by atoms with E-state index in [4.69, 9.17) is 5.11 Å². The van der Waals surface area contributed by atoms with Crippen molar-refractivity contribution in [3.8, 4) is 11.5 Å². The van der Waals surface area contributed by atoms with Crippen molar-refractivity contribution in [2.75, 3.05) is 6.54 Å². The van der Waals surface area contributed by atoms with E-state index in [1.807, 2.05) is 0 Å². The molecule has 1 fully saturated rings. The molecule has 4 heteroatoms. The van der Waals surface area contributed by atoms with Gasteiger partial charge in [0, 0.05) is 6.04 Å². The summed E-state index contributed by atoms with van der Waals surface area (Å²) < 4.78 is 13.5. The summed E-state index contributed by atoms with van der Waals surface area (Å²) in [5, 5.41) is 21.6. The molecule has 0 saturated carbocycles. The van der Waals surface area contributed by atoms with Gasteiger partial charge in [-0.25, -0.2) is 4.39 Å². The van der Waals surface area contributed by atoms with E-state index in [9.17, 15) is 9.50 Å². The molecule has 0 aliphatic carbocycles. The first-order valence-corrected chi connectivity index (χ1v) is 5.11. The van der Waals surface area contributed by atoms with Crippen LogP contribution in [0.5, 0.6) is 11.5 Å². The lowest BCUT2D eigenvalue weighted by molar-refractivity contribution is 0.375. The minimum Gasteiger partial charge on any atom is -0.504 e. The molecule has 0 aromatic heterocycles. The molecule has 3 N–H and O–H groups in total. The Morgan fingerprint density at radius 1 is 1.40 bits per heavy atom. The van der Waals surface area contributed by atoms with E-state index < -0.39 is 17.3 Å². The molecular formula is C11H14FNO2. The summed E-state index contributed by atoms with van der Waals surface area (Å²) in [5.41, 5.74) is 0.449. The molecule has 1 aliphatic rings. The fraction of sp³-hybridized carbons (Fsp3) is 0.455. The monoisotopic (exact) mass is 211 g/mol. The van der Waals surface area contributed by atoms with Gasteiger partial charge < -0.3 is 15.5 Å². The molecule has 0 bridgehead atoms. The predicted molar refractivity (Wildman–Crippen MR) is 54.5 cm³/mol. The van der Waals surface area contributed by atoms with Gasteiger partial charge in [-0.2, -0.15) is 0 Å². The molecule has 2 rings (SSSR count). The number of benzene rings is 1. The lowest BCUT2D eigenvalue weighted by Crippen LogP contribution is -2.24. The zero-order valence-corrected chi connectivity index (χ0v) is 8.33. The lowest BCUT2D eigenvalue weighted by Gasteiger charge is -2.11. The van der Waals surface area contributed by atoms with Crippen LogP contribution in [0.2, 0.25) is 0 Å². The smallest absolute Gasteiger partial charge is 0.194 e. The summed E-state index contributed by atoms with van der Waals surface area (Å²) in [6.45, 7) is 0.969. The lowest BCUT2D eigenvalue weighted by atomic mass is 10.0. The molecule has 1 aromatic rings. The first kappa shape index (κ1) is 10.2. The van der Waals surface area contributed by atoms with Crippen molar-refractivity contribution in [2.45, 2.75) is 25.3 Å². The summed E-state index contributed by atoms with van der Waals surface area (Å²) in [6.07, 6.45) is 2.69. The van der Waals surface area contributed by atoms with Gasteiger partial charge in [0.2, 0.25) is 0 Å². The molecule has 1 heterocycles. The SMILES string of the molecule is Oc1ccc(CC2CCCN2)c(F)c1O. The molecule has 1 aliphatic heterocycles. The molecule has 0 amide bonds. The van der Waals surface area contributed by atoms with Crippen LogP contribution in [0.3, 0.4) is 0 Å². The highest BCUT2D eigenvalue weighted by Gasteiger charge is 2.18. The van der Waals surface area contributed by atoms with Crippen LogP contribution in [-0.2, 0) is 6.42 Å². The third-order valence-electron chi connectivity index (χ3n) is 2.80. The van der Waals surface area contributed by atoms with E-state index in [-0.39, 0.29) is 6.04 Å². The van der Waals surface area contributed by atoms with Crippen LogP contribution >= 0.6 is 0 Å². The first-order chi connectivity index (χ1) is 7.18. The highest BCUT2D eigenvalue weighted by Crippen LogP contribution is 2.30. The van der Waals surface area contributed by atoms with Crippen LogP contribution < -0.4 is 5.32 Å². The molecule has 15 heavy (non-hydrogen) atoms. The van der Waals surface area contributed by atoms with Crippen LogP contribution in [0.4, 0.5) is 4.39 Å². The molecule has 82 valence electrons. The predicted octanol–water partition coefficient (Wildman–Crippen LogP) is 1.53. The molecule has 1 unspecified atom stereocenters. The molecule has 1 saturated heterocycles. The van der Waals surface area contributed by atoms with Crippen LogP contribution in [0.25, 0.3) is 0 Å². The van der Waals surface area contributed by atoms with E-state index in [2.05, 4.69) is 5.32 Å². The van der Waals surface area contributed by atoms with Crippen LogP contribution in [-0.4, -0.2) is 22.8 Å². The molecule has 1 aromatic carbocycles. The van der Waals surface area contributed by atoms with Gasteiger partial charge >= 0.3 is 0 Å². The quantitative estimate of drug-likeness (QED) is 0.650. The molecule has 3 nitrogen and oxygen atoms in total. The Bertz CT molecular complexity index is 362. The maximum Gasteiger partial charge on any atom is 0.194 e. The molecular weight excluding hydrogens is 197 g/mol. The minimum atomic E-state index is -0.705. The van der Waals surface area contributed by atoms with E-state index in [1.165, 1.54) is 12.1 Å². The number of halogens is 1. The molecule has 1 atom stereocenters. The van der Waals surface area contributed by atoms with Gasteiger partial charge in [-0.1, -0.05) is 6.07 Å². The topological polar surface area (TPSA) is 52.5 Å². The maximum absolute atomic E-state index is 13.5. The number of hydrogen-bond donors (Lipinski definition) is 3. The van der Waals surface area contributed by atoms with Crippen molar-refractivity contribution in [3.05, 3.63) is 23.5 Å². The van der Waals surface area contributed by atoms with Gasteiger partial charge in [0.25, 0.3) is 0 Å². The Morgan fingerprint density at radius 2 is 2.20 bits per heavy atom. The molecule has 0 radical (unpaired) electrons. The zero-order valence-electron chi connectivity index (χ0n) is 8.33. The average Bonchev–Trinajstić information content (AvgIpc) is 2.72. The summed E-state index contributed by atoms with van der Waals surface area (Å²) in [7, 11) is 0. The number of nitrogens with one attached hydrogen (secondary N) is 1. The van der Waals surface area contributed by atoms with Crippen LogP contribution in [0, 0.1) is 5.82 Å². The Balaban J connectivity index is 2.17. The summed E-state index contributed by atoms with van der Waals surface area (Å²) in [5.74, 6) is -1.76. The van der Waals surface area contributed by atoms with Crippen molar-refractivity contribution >= 4 is 0 Å².